The molecule has 2 aromatic rings. The van der Waals surface area contributed by atoms with E-state index in [0.717, 1.165) is 0 Å². The molecule has 0 bridgehead atoms. The van der Waals surface area contributed by atoms with Crippen molar-refractivity contribution in [1.29, 1.82) is 0 Å². The lowest BCUT2D eigenvalue weighted by Gasteiger charge is -2.14. The molecule has 2 rings (SSSR count). The molecule has 1 heterocycles. The number of halogens is 2. The fraction of sp³-hybridized carbons (Fsp3) is 0.182. The average Bonchev–Trinajstić information content (AvgIpc) is 2.87. The summed E-state index contributed by atoms with van der Waals surface area (Å²) in [5.74, 6) is 0.375. The van der Waals surface area contributed by atoms with Crippen LogP contribution in [0.4, 0.5) is 5.69 Å². The minimum atomic E-state index is -3.77. The third-order valence-electron chi connectivity index (χ3n) is 2.30. The fourth-order valence-corrected chi connectivity index (χ4v) is 3.40. The quantitative estimate of drug-likeness (QED) is 0.835. The van der Waals surface area contributed by atoms with Gasteiger partial charge in [0.2, 0.25) is 0 Å². The molecule has 0 unspecified atom stereocenters. The second-order valence-corrected chi connectivity index (χ2v) is 6.66. The molecular weight excluding hydrogens is 370 g/mol. The van der Waals surface area contributed by atoms with Crippen LogP contribution in [0, 0.1) is 0 Å². The van der Waals surface area contributed by atoms with Gasteiger partial charge in [0.15, 0.2) is 10.8 Å². The SMILES string of the molecule is CCOc1c(Br)cc(Cl)cc1NS(=O)(=O)c1cnc[nH]1. The van der Waals surface area contributed by atoms with Gasteiger partial charge < -0.3 is 9.72 Å². The van der Waals surface area contributed by atoms with Gasteiger partial charge in [0.1, 0.15) is 0 Å². The number of ether oxygens (including phenoxy) is 1. The molecule has 0 aliphatic carbocycles. The number of imidazole rings is 1. The molecule has 0 amide bonds. The monoisotopic (exact) mass is 379 g/mol. The Morgan fingerprint density at radius 1 is 1.50 bits per heavy atom. The zero-order valence-electron chi connectivity index (χ0n) is 10.4. The fourth-order valence-electron chi connectivity index (χ4n) is 1.52. The number of aromatic nitrogens is 2. The van der Waals surface area contributed by atoms with Crippen LogP contribution in [0.5, 0.6) is 5.75 Å². The number of hydrogen-bond acceptors (Lipinski definition) is 4. The molecule has 6 nitrogen and oxygen atoms in total. The van der Waals surface area contributed by atoms with E-state index in [4.69, 9.17) is 16.3 Å². The standard InChI is InChI=1S/C11H11BrClN3O3S/c1-2-19-11-8(12)3-7(13)4-9(11)16-20(17,18)10-5-14-6-15-10/h3-6,16H,2H2,1H3,(H,14,15). The van der Waals surface area contributed by atoms with E-state index in [1.54, 1.807) is 13.0 Å². The lowest BCUT2D eigenvalue weighted by molar-refractivity contribution is 0.340. The number of sulfonamides is 1. The van der Waals surface area contributed by atoms with Crippen LogP contribution in [0.2, 0.25) is 5.02 Å². The van der Waals surface area contributed by atoms with Crippen molar-refractivity contribution in [2.45, 2.75) is 11.9 Å². The molecule has 0 saturated heterocycles. The predicted molar refractivity (Wildman–Crippen MR) is 79.7 cm³/mol. The molecule has 9 heteroatoms. The summed E-state index contributed by atoms with van der Waals surface area (Å²) in [4.78, 5) is 6.21. The van der Waals surface area contributed by atoms with Crippen LogP contribution in [0.15, 0.2) is 34.2 Å². The van der Waals surface area contributed by atoms with E-state index in [0.29, 0.717) is 21.9 Å². The van der Waals surface area contributed by atoms with Gasteiger partial charge in [-0.15, -0.1) is 0 Å². The molecule has 0 aliphatic rings. The molecular formula is C11H11BrClN3O3S. The van der Waals surface area contributed by atoms with E-state index < -0.39 is 10.0 Å². The van der Waals surface area contributed by atoms with Gasteiger partial charge in [-0.3, -0.25) is 4.72 Å². The molecule has 2 N–H and O–H groups in total. The van der Waals surface area contributed by atoms with Gasteiger partial charge in [0, 0.05) is 5.02 Å². The topological polar surface area (TPSA) is 84.1 Å². The summed E-state index contributed by atoms with van der Waals surface area (Å²) in [6.07, 6.45) is 2.49. The molecule has 1 aromatic heterocycles. The molecule has 20 heavy (non-hydrogen) atoms. The number of aromatic amines is 1. The summed E-state index contributed by atoms with van der Waals surface area (Å²) in [6.45, 7) is 2.19. The highest BCUT2D eigenvalue weighted by Gasteiger charge is 2.19. The third kappa shape index (κ3) is 3.25. The number of nitrogens with one attached hydrogen (secondary N) is 2. The Labute approximate surface area is 129 Å². The van der Waals surface area contributed by atoms with Crippen LogP contribution >= 0.6 is 27.5 Å². The van der Waals surface area contributed by atoms with Gasteiger partial charge in [0.25, 0.3) is 10.0 Å². The third-order valence-corrected chi connectivity index (χ3v) is 4.40. The lowest BCUT2D eigenvalue weighted by Crippen LogP contribution is -2.14. The number of rotatable bonds is 5. The first-order chi connectivity index (χ1) is 9.44. The molecule has 0 saturated carbocycles. The number of H-pyrrole nitrogens is 1. The van der Waals surface area contributed by atoms with E-state index in [-0.39, 0.29) is 10.7 Å². The molecule has 0 aliphatic heterocycles. The van der Waals surface area contributed by atoms with Gasteiger partial charge in [-0.2, -0.15) is 8.42 Å². The zero-order chi connectivity index (χ0) is 14.8. The summed E-state index contributed by atoms with van der Waals surface area (Å²) in [7, 11) is -3.77. The number of nitrogens with zero attached hydrogens (tertiary/aromatic N) is 1. The Hall–Kier alpha value is -1.25. The van der Waals surface area contributed by atoms with Gasteiger partial charge in [-0.1, -0.05) is 11.6 Å². The molecule has 0 atom stereocenters. The molecule has 108 valence electrons. The smallest absolute Gasteiger partial charge is 0.279 e. The van der Waals surface area contributed by atoms with Crippen molar-refractivity contribution >= 4 is 43.2 Å². The van der Waals surface area contributed by atoms with Crippen molar-refractivity contribution in [1.82, 2.24) is 9.97 Å². The maximum Gasteiger partial charge on any atom is 0.279 e. The second kappa shape index (κ2) is 6.02. The first kappa shape index (κ1) is 15.1. The van der Waals surface area contributed by atoms with Crippen molar-refractivity contribution in [2.75, 3.05) is 11.3 Å². The van der Waals surface area contributed by atoms with Crippen molar-refractivity contribution in [3.8, 4) is 5.75 Å². The van der Waals surface area contributed by atoms with Gasteiger partial charge in [-0.05, 0) is 35.0 Å². The Bertz CT molecular complexity index is 704. The minimum absolute atomic E-state index is 0.0453. The Kier molecular flexibility index (Phi) is 4.56. The normalized spacial score (nSPS) is 11.3. The summed E-state index contributed by atoms with van der Waals surface area (Å²) < 4.78 is 32.7. The molecule has 1 aromatic carbocycles. The van der Waals surface area contributed by atoms with Crippen molar-refractivity contribution in [3.05, 3.63) is 34.2 Å². The van der Waals surface area contributed by atoms with E-state index in [1.807, 2.05) is 0 Å². The van der Waals surface area contributed by atoms with E-state index in [2.05, 4.69) is 30.6 Å². The Balaban J connectivity index is 2.43. The average molecular weight is 381 g/mol. The largest absolute Gasteiger partial charge is 0.490 e. The highest BCUT2D eigenvalue weighted by Crippen LogP contribution is 2.37. The maximum atomic E-state index is 12.1. The van der Waals surface area contributed by atoms with Crippen LogP contribution < -0.4 is 9.46 Å². The summed E-state index contributed by atoms with van der Waals surface area (Å²) in [5, 5.41) is 0.332. The van der Waals surface area contributed by atoms with Crippen molar-refractivity contribution < 1.29 is 13.2 Å². The Morgan fingerprint density at radius 2 is 2.25 bits per heavy atom. The van der Waals surface area contributed by atoms with Crippen molar-refractivity contribution in [3.63, 3.8) is 0 Å². The summed E-state index contributed by atoms with van der Waals surface area (Å²) >= 11 is 9.23. The van der Waals surface area contributed by atoms with E-state index >= 15 is 0 Å². The van der Waals surface area contributed by atoms with Gasteiger partial charge in [-0.25, -0.2) is 4.98 Å². The summed E-state index contributed by atoms with van der Waals surface area (Å²) in [6, 6.07) is 3.10. The van der Waals surface area contributed by atoms with Crippen LogP contribution in [-0.4, -0.2) is 25.0 Å². The molecule has 0 radical (unpaired) electrons. The second-order valence-electron chi connectivity index (χ2n) is 3.72. The van der Waals surface area contributed by atoms with Crippen LogP contribution in [-0.2, 0) is 10.0 Å². The predicted octanol–water partition coefficient (Wildman–Crippen LogP) is 3.03. The van der Waals surface area contributed by atoms with Crippen LogP contribution in [0.1, 0.15) is 6.92 Å². The van der Waals surface area contributed by atoms with E-state index in [1.165, 1.54) is 18.6 Å². The molecule has 0 spiro atoms. The highest BCUT2D eigenvalue weighted by molar-refractivity contribution is 9.10. The van der Waals surface area contributed by atoms with Gasteiger partial charge in [0.05, 0.1) is 29.3 Å². The maximum absolute atomic E-state index is 12.1. The van der Waals surface area contributed by atoms with Crippen LogP contribution in [0.3, 0.4) is 0 Å². The van der Waals surface area contributed by atoms with Gasteiger partial charge >= 0.3 is 0 Å². The van der Waals surface area contributed by atoms with Crippen LogP contribution in [0.25, 0.3) is 0 Å². The zero-order valence-corrected chi connectivity index (χ0v) is 13.5. The number of hydrogen-bond donors (Lipinski definition) is 2. The highest BCUT2D eigenvalue weighted by atomic mass is 79.9. The Morgan fingerprint density at radius 3 is 2.85 bits per heavy atom. The first-order valence-electron chi connectivity index (χ1n) is 5.57. The number of benzene rings is 1. The summed E-state index contributed by atoms with van der Waals surface area (Å²) in [5.41, 5.74) is 0.251. The van der Waals surface area contributed by atoms with E-state index in [9.17, 15) is 8.42 Å². The first-order valence-corrected chi connectivity index (χ1v) is 8.22. The number of anilines is 1. The minimum Gasteiger partial charge on any atom is -0.490 e. The molecule has 0 fully saturated rings. The van der Waals surface area contributed by atoms with Crippen molar-refractivity contribution in [2.24, 2.45) is 0 Å². The lowest BCUT2D eigenvalue weighted by atomic mass is 10.3.